The number of rotatable bonds is 6. The molecule has 1 aromatic heterocycles. The molecule has 0 bridgehead atoms. The Morgan fingerprint density at radius 1 is 1.32 bits per heavy atom. The van der Waals surface area contributed by atoms with Gasteiger partial charge in [0.05, 0.1) is 12.2 Å². The number of hydrogen-bond acceptors (Lipinski definition) is 3. The second kappa shape index (κ2) is 8.16. The standard InChI is InChI=1S/C19H27N5O/c1-3-24(19(25)20-13-17-9-11-21-22(17)2)18-10-12-23(15-18)14-16-7-5-4-6-8-16/h4-9,11,18H,3,10,12-15H2,1-2H3,(H,20,25)/t18-/m1/s1. The number of urea groups is 1. The third-order valence-electron chi connectivity index (χ3n) is 4.88. The first kappa shape index (κ1) is 17.5. The van der Waals surface area contributed by atoms with E-state index in [0.717, 1.165) is 38.3 Å². The van der Waals surface area contributed by atoms with E-state index in [2.05, 4.69) is 39.6 Å². The summed E-state index contributed by atoms with van der Waals surface area (Å²) in [6, 6.07) is 12.7. The maximum Gasteiger partial charge on any atom is 0.318 e. The van der Waals surface area contributed by atoms with Crippen LogP contribution in [0.5, 0.6) is 0 Å². The highest BCUT2D eigenvalue weighted by Crippen LogP contribution is 2.18. The van der Waals surface area contributed by atoms with Gasteiger partial charge in [0.1, 0.15) is 0 Å². The summed E-state index contributed by atoms with van der Waals surface area (Å²) in [6.45, 7) is 6.19. The van der Waals surface area contributed by atoms with Gasteiger partial charge in [0.15, 0.2) is 0 Å². The number of benzene rings is 1. The summed E-state index contributed by atoms with van der Waals surface area (Å²) in [5.41, 5.74) is 2.33. The third-order valence-corrected chi connectivity index (χ3v) is 4.88. The van der Waals surface area contributed by atoms with Gasteiger partial charge in [-0.2, -0.15) is 5.10 Å². The molecule has 6 heteroatoms. The molecule has 1 aromatic carbocycles. The van der Waals surface area contributed by atoms with Gasteiger partial charge < -0.3 is 10.2 Å². The Bertz CT molecular complexity index is 684. The highest BCUT2D eigenvalue weighted by molar-refractivity contribution is 5.74. The molecule has 1 saturated heterocycles. The molecule has 1 aliphatic rings. The predicted octanol–water partition coefficient (Wildman–Crippen LogP) is 2.23. The van der Waals surface area contributed by atoms with Gasteiger partial charge in [0.2, 0.25) is 0 Å². The van der Waals surface area contributed by atoms with Crippen molar-refractivity contribution in [2.75, 3.05) is 19.6 Å². The molecular formula is C19H27N5O. The maximum absolute atomic E-state index is 12.6. The second-order valence-corrected chi connectivity index (χ2v) is 6.55. The summed E-state index contributed by atoms with van der Waals surface area (Å²) >= 11 is 0. The number of hydrogen-bond donors (Lipinski definition) is 1. The van der Waals surface area contributed by atoms with Crippen molar-refractivity contribution in [2.45, 2.75) is 32.5 Å². The van der Waals surface area contributed by atoms with E-state index in [4.69, 9.17) is 0 Å². The van der Waals surface area contributed by atoms with Crippen LogP contribution in [-0.4, -0.2) is 51.3 Å². The molecule has 1 N–H and O–H groups in total. The molecule has 3 rings (SSSR count). The summed E-state index contributed by atoms with van der Waals surface area (Å²) in [6.07, 6.45) is 2.78. The minimum atomic E-state index is 0.00950. The molecule has 0 spiro atoms. The molecule has 1 atom stereocenters. The van der Waals surface area contributed by atoms with Gasteiger partial charge in [-0.05, 0) is 25.0 Å². The van der Waals surface area contributed by atoms with E-state index in [1.54, 1.807) is 10.9 Å². The highest BCUT2D eigenvalue weighted by Gasteiger charge is 2.29. The molecule has 1 fully saturated rings. The van der Waals surface area contributed by atoms with Crippen LogP contribution in [0.4, 0.5) is 4.79 Å². The van der Waals surface area contributed by atoms with E-state index in [1.807, 2.05) is 31.0 Å². The fourth-order valence-corrected chi connectivity index (χ4v) is 3.46. The fraction of sp³-hybridized carbons (Fsp3) is 0.474. The average molecular weight is 341 g/mol. The number of carbonyl (C=O) groups excluding carboxylic acids is 1. The van der Waals surface area contributed by atoms with Crippen LogP contribution in [0.15, 0.2) is 42.6 Å². The van der Waals surface area contributed by atoms with Crippen molar-refractivity contribution in [3.8, 4) is 0 Å². The topological polar surface area (TPSA) is 53.4 Å². The highest BCUT2D eigenvalue weighted by atomic mass is 16.2. The lowest BCUT2D eigenvalue weighted by Crippen LogP contribution is -2.47. The lowest BCUT2D eigenvalue weighted by Gasteiger charge is -2.28. The Morgan fingerprint density at radius 3 is 2.80 bits per heavy atom. The number of nitrogens with one attached hydrogen (secondary N) is 1. The number of amides is 2. The minimum Gasteiger partial charge on any atom is -0.332 e. The van der Waals surface area contributed by atoms with E-state index in [-0.39, 0.29) is 12.1 Å². The molecule has 1 aliphatic heterocycles. The number of likely N-dealkylation sites (N-methyl/N-ethyl adjacent to an activating group) is 1. The molecule has 25 heavy (non-hydrogen) atoms. The fourth-order valence-electron chi connectivity index (χ4n) is 3.46. The molecule has 2 aromatic rings. The normalized spacial score (nSPS) is 17.6. The van der Waals surface area contributed by atoms with Crippen LogP contribution in [0, 0.1) is 0 Å². The summed E-state index contributed by atoms with van der Waals surface area (Å²) in [5.74, 6) is 0. The van der Waals surface area contributed by atoms with Crippen molar-refractivity contribution in [1.29, 1.82) is 0 Å². The van der Waals surface area contributed by atoms with Crippen LogP contribution in [-0.2, 0) is 20.1 Å². The Hall–Kier alpha value is -2.34. The summed E-state index contributed by atoms with van der Waals surface area (Å²) in [7, 11) is 1.89. The number of aromatic nitrogens is 2. The minimum absolute atomic E-state index is 0.00950. The van der Waals surface area contributed by atoms with E-state index in [9.17, 15) is 4.79 Å². The number of nitrogens with zero attached hydrogens (tertiary/aromatic N) is 4. The van der Waals surface area contributed by atoms with E-state index < -0.39 is 0 Å². The zero-order valence-electron chi connectivity index (χ0n) is 15.1. The van der Waals surface area contributed by atoms with Crippen LogP contribution in [0.2, 0.25) is 0 Å². The zero-order chi connectivity index (χ0) is 17.6. The first-order chi connectivity index (χ1) is 12.2. The lowest BCUT2D eigenvalue weighted by atomic mass is 10.2. The second-order valence-electron chi connectivity index (χ2n) is 6.55. The van der Waals surface area contributed by atoms with Gasteiger partial charge in [0, 0.05) is 45.5 Å². The van der Waals surface area contributed by atoms with Crippen LogP contribution >= 0.6 is 0 Å². The van der Waals surface area contributed by atoms with Gasteiger partial charge in [-0.1, -0.05) is 30.3 Å². The van der Waals surface area contributed by atoms with Crippen LogP contribution in [0.25, 0.3) is 0 Å². The van der Waals surface area contributed by atoms with Gasteiger partial charge >= 0.3 is 6.03 Å². The van der Waals surface area contributed by atoms with Crippen molar-refractivity contribution in [2.24, 2.45) is 7.05 Å². The molecule has 6 nitrogen and oxygen atoms in total. The molecule has 2 amide bonds. The van der Waals surface area contributed by atoms with Gasteiger partial charge in [0.25, 0.3) is 0 Å². The number of carbonyl (C=O) groups is 1. The zero-order valence-corrected chi connectivity index (χ0v) is 15.1. The predicted molar refractivity (Wildman–Crippen MR) is 97.9 cm³/mol. The van der Waals surface area contributed by atoms with E-state index in [1.165, 1.54) is 5.56 Å². The quantitative estimate of drug-likeness (QED) is 0.877. The van der Waals surface area contributed by atoms with Crippen LogP contribution in [0.3, 0.4) is 0 Å². The van der Waals surface area contributed by atoms with Gasteiger partial charge in [-0.15, -0.1) is 0 Å². The molecule has 2 heterocycles. The SMILES string of the molecule is CCN(C(=O)NCc1ccnn1C)[C@@H]1CCN(Cc2ccccc2)C1. The molecule has 0 unspecified atom stereocenters. The summed E-state index contributed by atoms with van der Waals surface area (Å²) in [5, 5.41) is 7.16. The largest absolute Gasteiger partial charge is 0.332 e. The summed E-state index contributed by atoms with van der Waals surface area (Å²) < 4.78 is 1.79. The van der Waals surface area contributed by atoms with Crippen molar-refractivity contribution in [1.82, 2.24) is 24.9 Å². The first-order valence-electron chi connectivity index (χ1n) is 8.95. The van der Waals surface area contributed by atoms with Crippen LogP contribution < -0.4 is 5.32 Å². The Balaban J connectivity index is 1.52. The number of aryl methyl sites for hydroxylation is 1. The van der Waals surface area contributed by atoms with Crippen LogP contribution in [0.1, 0.15) is 24.6 Å². The molecule has 0 saturated carbocycles. The van der Waals surface area contributed by atoms with Crippen molar-refractivity contribution in [3.05, 3.63) is 53.9 Å². The van der Waals surface area contributed by atoms with Gasteiger partial charge in [-0.3, -0.25) is 9.58 Å². The molecule has 134 valence electrons. The molecule has 0 aliphatic carbocycles. The van der Waals surface area contributed by atoms with Crippen molar-refractivity contribution < 1.29 is 4.79 Å². The Kier molecular flexibility index (Phi) is 5.71. The average Bonchev–Trinajstić information content (AvgIpc) is 3.24. The smallest absolute Gasteiger partial charge is 0.318 e. The maximum atomic E-state index is 12.6. The first-order valence-corrected chi connectivity index (χ1v) is 8.95. The summed E-state index contributed by atoms with van der Waals surface area (Å²) in [4.78, 5) is 17.0. The molecule has 0 radical (unpaired) electrons. The van der Waals surface area contributed by atoms with Crippen molar-refractivity contribution in [3.63, 3.8) is 0 Å². The monoisotopic (exact) mass is 341 g/mol. The van der Waals surface area contributed by atoms with E-state index >= 15 is 0 Å². The number of likely N-dealkylation sites (tertiary alicyclic amines) is 1. The third kappa shape index (κ3) is 4.39. The lowest BCUT2D eigenvalue weighted by molar-refractivity contribution is 0.176. The molecular weight excluding hydrogens is 314 g/mol. The Labute approximate surface area is 149 Å². The van der Waals surface area contributed by atoms with Crippen molar-refractivity contribution >= 4 is 6.03 Å². The Morgan fingerprint density at radius 2 is 2.12 bits per heavy atom. The van der Waals surface area contributed by atoms with Gasteiger partial charge in [-0.25, -0.2) is 4.79 Å². The van der Waals surface area contributed by atoms with E-state index in [0.29, 0.717) is 6.54 Å².